The third-order valence-corrected chi connectivity index (χ3v) is 7.63. The van der Waals surface area contributed by atoms with Gasteiger partial charge in [0.1, 0.15) is 17.8 Å². The Morgan fingerprint density at radius 2 is 1.66 bits per heavy atom. The van der Waals surface area contributed by atoms with Crippen LogP contribution in [0.15, 0.2) is 65.1 Å². The van der Waals surface area contributed by atoms with Crippen LogP contribution in [0.3, 0.4) is 0 Å². The number of rotatable bonds is 5. The predicted octanol–water partition coefficient (Wildman–Crippen LogP) is 5.54. The van der Waals surface area contributed by atoms with Crippen LogP contribution < -0.4 is 4.74 Å². The average molecular weight is 473 g/mol. The number of hydrogen-bond donors (Lipinski definition) is 0. The molecule has 0 saturated heterocycles. The fraction of sp³-hybridized carbons (Fsp3) is 0.448. The fourth-order valence-corrected chi connectivity index (χ4v) is 5.83. The van der Waals surface area contributed by atoms with Crippen molar-refractivity contribution in [1.82, 2.24) is 4.98 Å². The molecule has 0 N–H and O–H groups in total. The number of benzene rings is 1. The molecule has 1 fully saturated rings. The van der Waals surface area contributed by atoms with E-state index in [1.165, 1.54) is 6.42 Å². The number of aromatic nitrogens is 1. The highest BCUT2D eigenvalue weighted by molar-refractivity contribution is 6.09. The molecule has 3 atom stereocenters. The van der Waals surface area contributed by atoms with Crippen LogP contribution in [-0.2, 0) is 14.3 Å². The highest BCUT2D eigenvalue weighted by atomic mass is 16.5. The van der Waals surface area contributed by atoms with E-state index in [2.05, 4.69) is 4.98 Å². The molecule has 0 bridgehead atoms. The molecule has 3 unspecified atom stereocenters. The van der Waals surface area contributed by atoms with Crippen LogP contribution in [0, 0.1) is 5.92 Å². The van der Waals surface area contributed by atoms with E-state index >= 15 is 0 Å². The van der Waals surface area contributed by atoms with E-state index in [4.69, 9.17) is 14.5 Å². The fourth-order valence-electron chi connectivity index (χ4n) is 5.83. The van der Waals surface area contributed by atoms with E-state index < -0.39 is 11.8 Å². The van der Waals surface area contributed by atoms with Gasteiger partial charge >= 0.3 is 5.97 Å². The summed E-state index contributed by atoms with van der Waals surface area (Å²) in [4.78, 5) is 36.2. The summed E-state index contributed by atoms with van der Waals surface area (Å²) in [6.45, 7) is 1.90. The zero-order valence-corrected chi connectivity index (χ0v) is 20.4. The number of carbonyl (C=O) groups is 2. The first kappa shape index (κ1) is 23.5. The number of nitrogens with zero attached hydrogens (tertiary/aromatic N) is 2. The lowest BCUT2D eigenvalue weighted by molar-refractivity contribution is -0.153. The number of aliphatic imine (C=N–C) groups is 1. The number of ether oxygens (including phenoxy) is 2. The third-order valence-electron chi connectivity index (χ3n) is 7.63. The van der Waals surface area contributed by atoms with Crippen LogP contribution in [0.4, 0.5) is 0 Å². The summed E-state index contributed by atoms with van der Waals surface area (Å²) < 4.78 is 11.3. The molecule has 182 valence electrons. The van der Waals surface area contributed by atoms with Gasteiger partial charge in [-0.2, -0.15) is 0 Å². The van der Waals surface area contributed by atoms with Gasteiger partial charge in [-0.1, -0.05) is 18.6 Å². The van der Waals surface area contributed by atoms with Crippen molar-refractivity contribution in [2.24, 2.45) is 10.9 Å². The van der Waals surface area contributed by atoms with Crippen molar-refractivity contribution in [3.63, 3.8) is 0 Å². The molecule has 2 aromatic rings. The molecular weight excluding hydrogens is 440 g/mol. The number of methoxy groups -OCH3 is 1. The first-order valence-electron chi connectivity index (χ1n) is 12.6. The molecule has 35 heavy (non-hydrogen) atoms. The number of Topliss-reactive ketones (excluding diaryl/α,β-unsaturated/α-hetero) is 1. The monoisotopic (exact) mass is 472 g/mol. The standard InChI is InChI=1S/C29H32N2O4/c1-18-26(29(33)35-23-6-4-3-5-7-23)27(20-12-14-30-15-13-20)28-24(31-18)16-21(17-25(28)32)19-8-10-22(34-2)11-9-19/h8-15,21,23,26-27H,3-7,16-17H2,1-2H3. The van der Waals surface area contributed by atoms with Gasteiger partial charge in [0.15, 0.2) is 5.78 Å². The van der Waals surface area contributed by atoms with E-state index in [9.17, 15) is 9.59 Å². The molecule has 5 rings (SSSR count). The largest absolute Gasteiger partial charge is 0.497 e. The Morgan fingerprint density at radius 1 is 0.943 bits per heavy atom. The van der Waals surface area contributed by atoms with E-state index in [-0.39, 0.29) is 23.8 Å². The Bertz CT molecular complexity index is 1150. The van der Waals surface area contributed by atoms with Gasteiger partial charge in [-0.3, -0.25) is 19.6 Å². The quantitative estimate of drug-likeness (QED) is 0.534. The summed E-state index contributed by atoms with van der Waals surface area (Å²) in [7, 11) is 1.64. The molecule has 6 heteroatoms. The Kier molecular flexibility index (Phi) is 6.80. The lowest BCUT2D eigenvalue weighted by Crippen LogP contribution is -2.39. The molecule has 3 aliphatic rings. The summed E-state index contributed by atoms with van der Waals surface area (Å²) in [5, 5.41) is 0. The van der Waals surface area contributed by atoms with Gasteiger partial charge < -0.3 is 9.47 Å². The van der Waals surface area contributed by atoms with Gasteiger partial charge in [0.25, 0.3) is 0 Å². The Labute approximate surface area is 206 Å². The number of esters is 1. The van der Waals surface area contributed by atoms with E-state index in [1.807, 2.05) is 43.3 Å². The van der Waals surface area contributed by atoms with E-state index in [1.54, 1.807) is 19.5 Å². The molecule has 2 heterocycles. The molecular formula is C29H32N2O4. The summed E-state index contributed by atoms with van der Waals surface area (Å²) in [6, 6.07) is 11.7. The van der Waals surface area contributed by atoms with Crippen molar-refractivity contribution in [1.29, 1.82) is 0 Å². The summed E-state index contributed by atoms with van der Waals surface area (Å²) in [5.74, 6) is -0.366. The van der Waals surface area contributed by atoms with Crippen molar-refractivity contribution < 1.29 is 19.1 Å². The normalized spacial score (nSPS) is 25.0. The van der Waals surface area contributed by atoms with Crippen molar-refractivity contribution in [2.45, 2.75) is 69.8 Å². The van der Waals surface area contributed by atoms with Crippen molar-refractivity contribution in [3.05, 3.63) is 71.2 Å². The lowest BCUT2D eigenvalue weighted by Gasteiger charge is -2.37. The second-order valence-electron chi connectivity index (χ2n) is 9.85. The first-order chi connectivity index (χ1) is 17.0. The zero-order chi connectivity index (χ0) is 24.4. The Hall–Kier alpha value is -3.28. The number of carbonyl (C=O) groups excluding carboxylic acids is 2. The minimum atomic E-state index is -0.598. The van der Waals surface area contributed by atoms with Gasteiger partial charge in [-0.25, -0.2) is 0 Å². The van der Waals surface area contributed by atoms with Crippen molar-refractivity contribution in [2.75, 3.05) is 7.11 Å². The molecule has 6 nitrogen and oxygen atoms in total. The minimum absolute atomic E-state index is 0.0426. The SMILES string of the molecule is COc1ccc(C2CC(=O)C3=C(C2)N=C(C)C(C(=O)OC2CCCCC2)C3c2ccncc2)cc1. The van der Waals surface area contributed by atoms with Crippen molar-refractivity contribution >= 4 is 17.5 Å². The molecule has 0 radical (unpaired) electrons. The van der Waals surface area contributed by atoms with Crippen LogP contribution >= 0.6 is 0 Å². The summed E-state index contributed by atoms with van der Waals surface area (Å²) in [6.07, 6.45) is 9.63. The smallest absolute Gasteiger partial charge is 0.315 e. The van der Waals surface area contributed by atoms with Gasteiger partial charge in [-0.05, 0) is 80.3 Å². The third kappa shape index (κ3) is 4.79. The molecule has 1 saturated carbocycles. The second kappa shape index (κ2) is 10.1. The molecule has 1 aliphatic heterocycles. The minimum Gasteiger partial charge on any atom is -0.497 e. The molecule has 0 spiro atoms. The number of ketones is 1. The summed E-state index contributed by atoms with van der Waals surface area (Å²) in [5.41, 5.74) is 4.18. The molecule has 1 aromatic heterocycles. The Morgan fingerprint density at radius 3 is 2.34 bits per heavy atom. The maximum Gasteiger partial charge on any atom is 0.315 e. The lowest BCUT2D eigenvalue weighted by atomic mass is 9.69. The van der Waals surface area contributed by atoms with Crippen LogP contribution in [0.25, 0.3) is 0 Å². The average Bonchev–Trinajstić information content (AvgIpc) is 2.88. The molecule has 0 amide bonds. The van der Waals surface area contributed by atoms with Gasteiger partial charge in [0.2, 0.25) is 0 Å². The highest BCUT2D eigenvalue weighted by Gasteiger charge is 2.45. The Balaban J connectivity index is 1.49. The number of hydrogen-bond acceptors (Lipinski definition) is 6. The second-order valence-corrected chi connectivity index (χ2v) is 9.85. The topological polar surface area (TPSA) is 77.8 Å². The number of allylic oxidation sites excluding steroid dienone is 2. The number of pyridine rings is 1. The zero-order valence-electron chi connectivity index (χ0n) is 20.4. The van der Waals surface area contributed by atoms with Crippen LogP contribution in [-0.4, -0.2) is 35.7 Å². The van der Waals surface area contributed by atoms with Gasteiger partial charge in [-0.15, -0.1) is 0 Å². The van der Waals surface area contributed by atoms with E-state index in [0.717, 1.165) is 54.0 Å². The van der Waals surface area contributed by atoms with Crippen molar-refractivity contribution in [3.8, 4) is 5.75 Å². The van der Waals surface area contributed by atoms with Gasteiger partial charge in [0.05, 0.1) is 7.11 Å². The van der Waals surface area contributed by atoms with Crippen LogP contribution in [0.5, 0.6) is 5.75 Å². The summed E-state index contributed by atoms with van der Waals surface area (Å²) >= 11 is 0. The predicted molar refractivity (Wildman–Crippen MR) is 134 cm³/mol. The van der Waals surface area contributed by atoms with E-state index in [0.29, 0.717) is 18.4 Å². The first-order valence-corrected chi connectivity index (χ1v) is 12.6. The maximum absolute atomic E-state index is 13.7. The van der Waals surface area contributed by atoms with Crippen LogP contribution in [0.1, 0.15) is 74.8 Å². The van der Waals surface area contributed by atoms with Gasteiger partial charge in [0, 0.05) is 41.7 Å². The molecule has 2 aliphatic carbocycles. The maximum atomic E-state index is 13.7. The highest BCUT2D eigenvalue weighted by Crippen LogP contribution is 2.47. The molecule has 1 aromatic carbocycles. The van der Waals surface area contributed by atoms with Crippen LogP contribution in [0.2, 0.25) is 0 Å².